The van der Waals surface area contributed by atoms with Crippen LogP contribution in [0.3, 0.4) is 0 Å². The van der Waals surface area contributed by atoms with Gasteiger partial charge in [-0.2, -0.15) is 0 Å². The predicted octanol–water partition coefficient (Wildman–Crippen LogP) is 0.0720. The lowest BCUT2D eigenvalue weighted by molar-refractivity contribution is -0.0423. The van der Waals surface area contributed by atoms with E-state index in [4.69, 9.17) is 21.1 Å². The number of hydrogen-bond donors (Lipinski definition) is 0. The summed E-state index contributed by atoms with van der Waals surface area (Å²) in [6.07, 6.45) is 0.786. The van der Waals surface area contributed by atoms with Crippen LogP contribution in [0, 0.1) is 0 Å². The minimum absolute atomic E-state index is 0. The molecular weight excluding hydrogens is 152 g/mol. The summed E-state index contributed by atoms with van der Waals surface area (Å²) in [5, 5.41) is 0. The fourth-order valence-electron chi connectivity index (χ4n) is 0.663. The standard InChI is InChI=1S/C5H9ClO2.Mg.2H/c6-2-1-5-7-3-4-8-5;;;/h5H,1-4H2;;;. The molecule has 2 nitrogen and oxygen atoms in total. The predicted molar refractivity (Wildman–Crippen MR) is 39.6 cm³/mol. The molecular formula is C5H11ClMgO2. The normalized spacial score (nSPS) is 19.7. The van der Waals surface area contributed by atoms with E-state index in [0.29, 0.717) is 5.88 Å². The lowest BCUT2D eigenvalue weighted by atomic mass is 10.5. The third kappa shape index (κ3) is 3.63. The topological polar surface area (TPSA) is 18.5 Å². The van der Waals surface area contributed by atoms with E-state index < -0.39 is 0 Å². The van der Waals surface area contributed by atoms with E-state index in [2.05, 4.69) is 0 Å². The Morgan fingerprint density at radius 1 is 1.33 bits per heavy atom. The van der Waals surface area contributed by atoms with E-state index in [1.807, 2.05) is 0 Å². The van der Waals surface area contributed by atoms with Gasteiger partial charge in [0, 0.05) is 12.3 Å². The van der Waals surface area contributed by atoms with E-state index >= 15 is 0 Å². The number of hydrogen-bond acceptors (Lipinski definition) is 2. The summed E-state index contributed by atoms with van der Waals surface area (Å²) < 4.78 is 10.2. The SMILES string of the molecule is ClCCC1OCCO1.[MgH2]. The number of halogens is 1. The monoisotopic (exact) mass is 162 g/mol. The van der Waals surface area contributed by atoms with Crippen molar-refractivity contribution in [3.63, 3.8) is 0 Å². The van der Waals surface area contributed by atoms with Crippen molar-refractivity contribution in [2.75, 3.05) is 19.1 Å². The fraction of sp³-hybridized carbons (Fsp3) is 1.00. The molecule has 1 saturated heterocycles. The lowest BCUT2D eigenvalue weighted by Gasteiger charge is -2.03. The molecule has 0 atom stereocenters. The molecule has 0 amide bonds. The molecule has 1 heterocycles. The molecule has 4 heteroatoms. The second-order valence-corrected chi connectivity index (χ2v) is 2.03. The van der Waals surface area contributed by atoms with Gasteiger partial charge in [-0.05, 0) is 0 Å². The Morgan fingerprint density at radius 2 is 1.89 bits per heavy atom. The average Bonchev–Trinajstić information content (AvgIpc) is 2.19. The molecule has 9 heavy (non-hydrogen) atoms. The summed E-state index contributed by atoms with van der Waals surface area (Å²) in [6, 6.07) is 0. The van der Waals surface area contributed by atoms with Crippen molar-refractivity contribution in [3.8, 4) is 0 Å². The van der Waals surface area contributed by atoms with E-state index in [-0.39, 0.29) is 29.3 Å². The first kappa shape index (κ1) is 9.98. The van der Waals surface area contributed by atoms with Gasteiger partial charge >= 0.3 is 23.1 Å². The van der Waals surface area contributed by atoms with Crippen LogP contribution in [0.4, 0.5) is 0 Å². The highest BCUT2D eigenvalue weighted by molar-refractivity contribution is 6.17. The van der Waals surface area contributed by atoms with Crippen LogP contribution >= 0.6 is 11.6 Å². The van der Waals surface area contributed by atoms with Crippen LogP contribution in [-0.2, 0) is 9.47 Å². The van der Waals surface area contributed by atoms with Crippen molar-refractivity contribution in [3.05, 3.63) is 0 Å². The van der Waals surface area contributed by atoms with Gasteiger partial charge in [0.2, 0.25) is 0 Å². The molecule has 1 rings (SSSR count). The Morgan fingerprint density at radius 3 is 2.33 bits per heavy atom. The maximum atomic E-state index is 5.42. The molecule has 0 radical (unpaired) electrons. The summed E-state index contributed by atoms with van der Waals surface area (Å²) in [6.45, 7) is 1.45. The molecule has 52 valence electrons. The van der Waals surface area contributed by atoms with E-state index in [0.717, 1.165) is 19.6 Å². The molecule has 0 aromatic carbocycles. The molecule has 0 unspecified atom stereocenters. The van der Waals surface area contributed by atoms with Crippen molar-refractivity contribution in [1.29, 1.82) is 0 Å². The van der Waals surface area contributed by atoms with Gasteiger partial charge in [0.25, 0.3) is 0 Å². The van der Waals surface area contributed by atoms with Crippen molar-refractivity contribution in [2.24, 2.45) is 0 Å². The van der Waals surface area contributed by atoms with Crippen LogP contribution in [-0.4, -0.2) is 48.4 Å². The molecule has 0 spiro atoms. The van der Waals surface area contributed by atoms with Crippen LogP contribution in [0.1, 0.15) is 6.42 Å². The van der Waals surface area contributed by atoms with Gasteiger partial charge in [-0.1, -0.05) is 0 Å². The first-order chi connectivity index (χ1) is 3.93. The smallest absolute Gasteiger partial charge is 0.316 e. The Balaban J connectivity index is 0.000000640. The second kappa shape index (κ2) is 5.74. The van der Waals surface area contributed by atoms with Crippen LogP contribution < -0.4 is 0 Å². The highest BCUT2D eigenvalue weighted by atomic mass is 35.5. The van der Waals surface area contributed by atoms with Gasteiger partial charge in [0.15, 0.2) is 6.29 Å². The first-order valence-electron chi connectivity index (χ1n) is 2.72. The summed E-state index contributed by atoms with van der Waals surface area (Å²) in [5.74, 6) is 0.616. The zero-order valence-electron chi connectivity index (χ0n) is 4.60. The van der Waals surface area contributed by atoms with E-state index in [1.165, 1.54) is 0 Å². The van der Waals surface area contributed by atoms with Crippen LogP contribution in [0.15, 0.2) is 0 Å². The van der Waals surface area contributed by atoms with Gasteiger partial charge in [-0.3, -0.25) is 0 Å². The number of rotatable bonds is 2. The molecule has 0 aliphatic carbocycles. The summed E-state index contributed by atoms with van der Waals surface area (Å²) >= 11 is 5.42. The Labute approximate surface area is 76.0 Å². The summed E-state index contributed by atoms with van der Waals surface area (Å²) in [4.78, 5) is 0. The zero-order valence-corrected chi connectivity index (χ0v) is 5.36. The van der Waals surface area contributed by atoms with Crippen molar-refractivity contribution in [2.45, 2.75) is 12.7 Å². The van der Waals surface area contributed by atoms with Crippen molar-refractivity contribution < 1.29 is 9.47 Å². The van der Waals surface area contributed by atoms with E-state index in [1.54, 1.807) is 0 Å². The van der Waals surface area contributed by atoms with Crippen molar-refractivity contribution >= 4 is 34.7 Å². The molecule has 0 bridgehead atoms. The highest BCUT2D eigenvalue weighted by Gasteiger charge is 2.13. The third-order valence-electron chi connectivity index (χ3n) is 1.04. The van der Waals surface area contributed by atoms with Crippen LogP contribution in [0.5, 0.6) is 0 Å². The highest BCUT2D eigenvalue weighted by Crippen LogP contribution is 2.07. The minimum atomic E-state index is -0.0208. The van der Waals surface area contributed by atoms with Crippen LogP contribution in [0.2, 0.25) is 0 Å². The summed E-state index contributed by atoms with van der Waals surface area (Å²) in [7, 11) is 0. The Bertz CT molecular complexity index is 66.0. The zero-order chi connectivity index (χ0) is 5.82. The number of alkyl halides is 1. The average molecular weight is 163 g/mol. The van der Waals surface area contributed by atoms with Crippen molar-refractivity contribution in [1.82, 2.24) is 0 Å². The van der Waals surface area contributed by atoms with Gasteiger partial charge < -0.3 is 9.47 Å². The van der Waals surface area contributed by atoms with E-state index in [9.17, 15) is 0 Å². The molecule has 1 aliphatic heterocycles. The largest absolute Gasteiger partial charge is 0.350 e. The Hall–Kier alpha value is 0.976. The van der Waals surface area contributed by atoms with Gasteiger partial charge in [-0.25, -0.2) is 0 Å². The van der Waals surface area contributed by atoms with Gasteiger partial charge in [0.1, 0.15) is 0 Å². The minimum Gasteiger partial charge on any atom is -0.350 e. The Kier molecular flexibility index (Phi) is 6.36. The molecule has 0 aromatic heterocycles. The first-order valence-corrected chi connectivity index (χ1v) is 3.26. The maximum Gasteiger partial charge on any atom is 0.316 e. The number of ether oxygens (including phenoxy) is 2. The van der Waals surface area contributed by atoms with Gasteiger partial charge in [0.05, 0.1) is 13.2 Å². The molecule has 1 aliphatic rings. The molecule has 0 saturated carbocycles. The maximum absolute atomic E-state index is 5.42. The molecule has 0 N–H and O–H groups in total. The molecule has 1 fully saturated rings. The lowest BCUT2D eigenvalue weighted by Crippen LogP contribution is -2.07. The second-order valence-electron chi connectivity index (χ2n) is 1.65. The summed E-state index contributed by atoms with van der Waals surface area (Å²) in [5.41, 5.74) is 0. The third-order valence-corrected chi connectivity index (χ3v) is 1.25. The van der Waals surface area contributed by atoms with Gasteiger partial charge in [-0.15, -0.1) is 11.6 Å². The van der Waals surface area contributed by atoms with Crippen LogP contribution in [0.25, 0.3) is 0 Å². The quantitative estimate of drug-likeness (QED) is 0.423. The molecule has 0 aromatic rings. The fourth-order valence-corrected chi connectivity index (χ4v) is 0.841.